The number of nitrogens with one attached hydrogen (secondary N) is 2. The SMILES string of the molecule is COC(=O)NC12CNCC1C2. The summed E-state index contributed by atoms with van der Waals surface area (Å²) in [6, 6.07) is 0. The van der Waals surface area contributed by atoms with Gasteiger partial charge in [-0.3, -0.25) is 0 Å². The topological polar surface area (TPSA) is 50.4 Å². The van der Waals surface area contributed by atoms with Gasteiger partial charge in [-0.05, 0) is 12.3 Å². The number of carbonyl (C=O) groups excluding carboxylic acids is 1. The van der Waals surface area contributed by atoms with Crippen LogP contribution in [0.25, 0.3) is 0 Å². The summed E-state index contributed by atoms with van der Waals surface area (Å²) in [7, 11) is 1.39. The minimum Gasteiger partial charge on any atom is -0.453 e. The van der Waals surface area contributed by atoms with Gasteiger partial charge in [0.15, 0.2) is 0 Å². The quantitative estimate of drug-likeness (QED) is 0.548. The summed E-state index contributed by atoms with van der Waals surface area (Å²) >= 11 is 0. The number of ether oxygens (including phenoxy) is 1. The van der Waals surface area contributed by atoms with Crippen molar-refractivity contribution in [3.63, 3.8) is 0 Å². The Balaban J connectivity index is 1.91. The predicted octanol–water partition coefficient (Wildman–Crippen LogP) is -0.296. The van der Waals surface area contributed by atoms with Crippen molar-refractivity contribution in [3.8, 4) is 0 Å². The van der Waals surface area contributed by atoms with E-state index in [2.05, 4.69) is 15.4 Å². The van der Waals surface area contributed by atoms with Gasteiger partial charge in [-0.15, -0.1) is 0 Å². The zero-order valence-electron chi connectivity index (χ0n) is 6.52. The van der Waals surface area contributed by atoms with Crippen LogP contribution >= 0.6 is 0 Å². The minimum absolute atomic E-state index is 0.0487. The molecule has 4 nitrogen and oxygen atoms in total. The number of carbonyl (C=O) groups is 1. The van der Waals surface area contributed by atoms with Crippen LogP contribution in [0.3, 0.4) is 0 Å². The molecular formula is C7H12N2O2. The van der Waals surface area contributed by atoms with Crippen LogP contribution in [0.1, 0.15) is 6.42 Å². The van der Waals surface area contributed by atoms with E-state index in [0.29, 0.717) is 5.92 Å². The maximum atomic E-state index is 10.8. The Morgan fingerprint density at radius 2 is 2.64 bits per heavy atom. The van der Waals surface area contributed by atoms with Crippen molar-refractivity contribution in [1.29, 1.82) is 0 Å². The molecule has 2 rings (SSSR count). The van der Waals surface area contributed by atoms with Crippen LogP contribution in [0.15, 0.2) is 0 Å². The average molecular weight is 156 g/mol. The zero-order chi connectivity index (χ0) is 7.90. The number of rotatable bonds is 1. The fourth-order valence-electron chi connectivity index (χ4n) is 1.79. The molecule has 1 aliphatic heterocycles. The van der Waals surface area contributed by atoms with Gasteiger partial charge in [-0.2, -0.15) is 0 Å². The first-order valence-electron chi connectivity index (χ1n) is 3.84. The molecule has 1 aliphatic carbocycles. The first-order chi connectivity index (χ1) is 5.27. The van der Waals surface area contributed by atoms with Gasteiger partial charge in [0.2, 0.25) is 0 Å². The van der Waals surface area contributed by atoms with E-state index in [0.717, 1.165) is 19.5 Å². The summed E-state index contributed by atoms with van der Waals surface area (Å²) in [5, 5.41) is 6.08. The Morgan fingerprint density at radius 3 is 3.09 bits per heavy atom. The lowest BCUT2D eigenvalue weighted by Crippen LogP contribution is -2.41. The van der Waals surface area contributed by atoms with Crippen molar-refractivity contribution in [2.45, 2.75) is 12.0 Å². The molecule has 1 saturated heterocycles. The third kappa shape index (κ3) is 0.976. The molecular weight excluding hydrogens is 144 g/mol. The number of alkyl carbamates (subject to hydrolysis) is 1. The van der Waals surface area contributed by atoms with E-state index in [4.69, 9.17) is 0 Å². The van der Waals surface area contributed by atoms with Crippen molar-refractivity contribution in [1.82, 2.24) is 10.6 Å². The molecule has 2 aliphatic rings. The van der Waals surface area contributed by atoms with Gasteiger partial charge < -0.3 is 15.4 Å². The van der Waals surface area contributed by atoms with E-state index in [1.165, 1.54) is 7.11 Å². The largest absolute Gasteiger partial charge is 0.453 e. The fourth-order valence-corrected chi connectivity index (χ4v) is 1.79. The van der Waals surface area contributed by atoms with Gasteiger partial charge in [0.1, 0.15) is 0 Å². The lowest BCUT2D eigenvalue weighted by molar-refractivity contribution is 0.165. The summed E-state index contributed by atoms with van der Waals surface area (Å²) in [4.78, 5) is 10.8. The summed E-state index contributed by atoms with van der Waals surface area (Å²) < 4.78 is 4.53. The van der Waals surface area contributed by atoms with Crippen LogP contribution in [0.2, 0.25) is 0 Å². The molecule has 0 aromatic rings. The highest BCUT2D eigenvalue weighted by Crippen LogP contribution is 2.45. The number of piperidine rings is 1. The van der Waals surface area contributed by atoms with Gasteiger partial charge >= 0.3 is 6.09 Å². The van der Waals surface area contributed by atoms with E-state index >= 15 is 0 Å². The Bertz CT molecular complexity index is 195. The van der Waals surface area contributed by atoms with Crippen LogP contribution in [0.4, 0.5) is 4.79 Å². The van der Waals surface area contributed by atoms with Crippen LogP contribution < -0.4 is 10.6 Å². The van der Waals surface area contributed by atoms with Gasteiger partial charge in [0.05, 0.1) is 12.6 Å². The summed E-state index contributed by atoms with van der Waals surface area (Å²) in [5.41, 5.74) is 0.0487. The van der Waals surface area contributed by atoms with E-state index in [1.807, 2.05) is 0 Å². The number of methoxy groups -OCH3 is 1. The van der Waals surface area contributed by atoms with Crippen LogP contribution in [0.5, 0.6) is 0 Å². The van der Waals surface area contributed by atoms with E-state index in [-0.39, 0.29) is 11.6 Å². The molecule has 2 unspecified atom stereocenters. The van der Waals surface area contributed by atoms with E-state index in [9.17, 15) is 4.79 Å². The van der Waals surface area contributed by atoms with Crippen molar-refractivity contribution in [3.05, 3.63) is 0 Å². The lowest BCUT2D eigenvalue weighted by Gasteiger charge is -2.12. The van der Waals surface area contributed by atoms with Crippen molar-refractivity contribution < 1.29 is 9.53 Å². The van der Waals surface area contributed by atoms with Crippen molar-refractivity contribution >= 4 is 6.09 Å². The van der Waals surface area contributed by atoms with Crippen LogP contribution in [-0.2, 0) is 4.74 Å². The van der Waals surface area contributed by atoms with Gasteiger partial charge in [-0.1, -0.05) is 0 Å². The summed E-state index contributed by atoms with van der Waals surface area (Å²) in [6.45, 7) is 1.93. The number of fused-ring (bicyclic) bond motifs is 1. The molecule has 1 saturated carbocycles. The normalized spacial score (nSPS) is 39.5. The molecule has 0 radical (unpaired) electrons. The fraction of sp³-hybridized carbons (Fsp3) is 0.857. The molecule has 11 heavy (non-hydrogen) atoms. The van der Waals surface area contributed by atoms with E-state index < -0.39 is 0 Å². The first-order valence-corrected chi connectivity index (χ1v) is 3.84. The molecule has 4 heteroatoms. The maximum Gasteiger partial charge on any atom is 0.407 e. The summed E-state index contributed by atoms with van der Waals surface area (Å²) in [6.07, 6.45) is 0.797. The van der Waals surface area contributed by atoms with Crippen molar-refractivity contribution in [2.75, 3.05) is 20.2 Å². The molecule has 2 atom stereocenters. The van der Waals surface area contributed by atoms with Gasteiger partial charge in [0.25, 0.3) is 0 Å². The molecule has 0 aromatic carbocycles. The van der Waals surface area contributed by atoms with Crippen LogP contribution in [-0.4, -0.2) is 31.8 Å². The maximum absolute atomic E-state index is 10.8. The molecule has 2 N–H and O–H groups in total. The minimum atomic E-state index is -0.309. The third-order valence-corrected chi connectivity index (χ3v) is 2.60. The molecule has 1 heterocycles. The molecule has 0 spiro atoms. The highest BCUT2D eigenvalue weighted by Gasteiger charge is 2.58. The zero-order valence-corrected chi connectivity index (χ0v) is 6.52. The standard InChI is InChI=1S/C7H12N2O2/c1-11-6(10)9-7-2-5(7)3-8-4-7/h5,8H,2-4H2,1H3,(H,9,10). The Kier molecular flexibility index (Phi) is 1.32. The molecule has 1 amide bonds. The van der Waals surface area contributed by atoms with Crippen LogP contribution in [0, 0.1) is 5.92 Å². The highest BCUT2D eigenvalue weighted by atomic mass is 16.5. The number of amides is 1. The monoisotopic (exact) mass is 156 g/mol. The second-order valence-corrected chi connectivity index (χ2v) is 3.30. The predicted molar refractivity (Wildman–Crippen MR) is 39.2 cm³/mol. The van der Waals surface area contributed by atoms with Gasteiger partial charge in [-0.25, -0.2) is 4.79 Å². The Hall–Kier alpha value is -0.770. The van der Waals surface area contributed by atoms with E-state index in [1.54, 1.807) is 0 Å². The number of hydrogen-bond donors (Lipinski definition) is 2. The second-order valence-electron chi connectivity index (χ2n) is 3.30. The third-order valence-electron chi connectivity index (χ3n) is 2.60. The molecule has 0 bridgehead atoms. The molecule has 62 valence electrons. The first kappa shape index (κ1) is 6.91. The van der Waals surface area contributed by atoms with Crippen molar-refractivity contribution in [2.24, 2.45) is 5.92 Å². The summed E-state index contributed by atoms with van der Waals surface area (Å²) in [5.74, 6) is 0.640. The molecule has 2 fully saturated rings. The lowest BCUT2D eigenvalue weighted by atomic mass is 10.2. The highest BCUT2D eigenvalue weighted by molar-refractivity contribution is 5.69. The smallest absolute Gasteiger partial charge is 0.407 e. The number of hydrogen-bond acceptors (Lipinski definition) is 3. The second kappa shape index (κ2) is 2.11. The molecule has 0 aromatic heterocycles. The Morgan fingerprint density at radius 1 is 1.82 bits per heavy atom. The average Bonchev–Trinajstić information content (AvgIpc) is 2.53. The van der Waals surface area contributed by atoms with Gasteiger partial charge in [0, 0.05) is 13.1 Å². The Labute approximate surface area is 65.3 Å².